The molecule has 24 heavy (non-hydrogen) atoms. The standard InChI is InChI=1S/C18H25N3O3/c1-12(2)16(24-18(19)23)17(22)21-11-13(9-10-20(3)4)14-7-5-6-8-15(14)21/h5-8,11-12,16H,9-10H2,1-4H3,(H2,19,23)/t16-/m0/s1. The number of primary amides is 1. The Morgan fingerprint density at radius 3 is 2.50 bits per heavy atom. The van der Waals surface area contributed by atoms with Crippen LogP contribution in [-0.2, 0) is 11.2 Å². The Labute approximate surface area is 142 Å². The van der Waals surface area contributed by atoms with E-state index in [0.29, 0.717) is 0 Å². The molecule has 2 rings (SSSR count). The smallest absolute Gasteiger partial charge is 0.405 e. The third-order valence-electron chi connectivity index (χ3n) is 3.95. The van der Waals surface area contributed by atoms with Gasteiger partial charge in [0.1, 0.15) is 0 Å². The van der Waals surface area contributed by atoms with E-state index in [1.54, 1.807) is 4.57 Å². The van der Waals surface area contributed by atoms with Gasteiger partial charge in [0.25, 0.3) is 5.91 Å². The van der Waals surface area contributed by atoms with Crippen LogP contribution in [0.3, 0.4) is 0 Å². The molecular weight excluding hydrogens is 306 g/mol. The van der Waals surface area contributed by atoms with Crippen molar-refractivity contribution in [2.75, 3.05) is 20.6 Å². The van der Waals surface area contributed by atoms with Crippen LogP contribution in [0.25, 0.3) is 10.9 Å². The highest BCUT2D eigenvalue weighted by Crippen LogP contribution is 2.23. The molecule has 0 bridgehead atoms. The van der Waals surface area contributed by atoms with Crippen molar-refractivity contribution in [3.8, 4) is 0 Å². The van der Waals surface area contributed by atoms with Crippen LogP contribution in [0.15, 0.2) is 30.5 Å². The number of hydrogen-bond acceptors (Lipinski definition) is 4. The van der Waals surface area contributed by atoms with Crippen LogP contribution in [0.2, 0.25) is 0 Å². The van der Waals surface area contributed by atoms with Crippen LogP contribution >= 0.6 is 0 Å². The number of fused-ring (bicyclic) bond motifs is 1. The molecule has 1 aromatic heterocycles. The molecule has 0 saturated heterocycles. The van der Waals surface area contributed by atoms with E-state index < -0.39 is 12.2 Å². The summed E-state index contributed by atoms with van der Waals surface area (Å²) in [6, 6.07) is 7.74. The number of nitrogens with two attached hydrogens (primary N) is 1. The van der Waals surface area contributed by atoms with Crippen molar-refractivity contribution in [2.45, 2.75) is 26.4 Å². The fraction of sp³-hybridized carbons (Fsp3) is 0.444. The number of carbonyl (C=O) groups excluding carboxylic acids is 2. The Kier molecular flexibility index (Phi) is 5.62. The van der Waals surface area contributed by atoms with E-state index in [4.69, 9.17) is 10.5 Å². The number of hydrogen-bond donors (Lipinski definition) is 1. The molecule has 130 valence electrons. The van der Waals surface area contributed by atoms with Gasteiger partial charge in [0.05, 0.1) is 5.52 Å². The molecule has 1 amide bonds. The second kappa shape index (κ2) is 7.49. The average Bonchev–Trinajstić information content (AvgIpc) is 2.88. The van der Waals surface area contributed by atoms with E-state index in [1.165, 1.54) is 0 Å². The highest BCUT2D eigenvalue weighted by atomic mass is 16.6. The molecule has 2 N–H and O–H groups in total. The molecule has 1 aromatic carbocycles. The minimum absolute atomic E-state index is 0.170. The lowest BCUT2D eigenvalue weighted by Gasteiger charge is -2.19. The predicted octanol–water partition coefficient (Wildman–Crippen LogP) is 2.51. The normalized spacial score (nSPS) is 12.8. The van der Waals surface area contributed by atoms with Gasteiger partial charge in [-0.05, 0) is 38.1 Å². The van der Waals surface area contributed by atoms with Gasteiger partial charge in [-0.25, -0.2) is 4.79 Å². The van der Waals surface area contributed by atoms with E-state index in [2.05, 4.69) is 4.90 Å². The van der Waals surface area contributed by atoms with Crippen LogP contribution in [0.1, 0.15) is 24.2 Å². The molecule has 0 spiro atoms. The van der Waals surface area contributed by atoms with Gasteiger partial charge in [-0.2, -0.15) is 0 Å². The third kappa shape index (κ3) is 3.94. The van der Waals surface area contributed by atoms with Crippen molar-refractivity contribution in [3.05, 3.63) is 36.0 Å². The number of likely N-dealkylation sites (N-methyl/N-ethyl adjacent to an activating group) is 1. The lowest BCUT2D eigenvalue weighted by Crippen LogP contribution is -2.37. The van der Waals surface area contributed by atoms with E-state index in [1.807, 2.05) is 58.4 Å². The second-order valence-corrected chi connectivity index (χ2v) is 6.53. The van der Waals surface area contributed by atoms with Gasteiger partial charge in [0.2, 0.25) is 0 Å². The largest absolute Gasteiger partial charge is 0.436 e. The predicted molar refractivity (Wildman–Crippen MR) is 94.1 cm³/mol. The minimum Gasteiger partial charge on any atom is -0.436 e. The number of rotatable bonds is 6. The molecule has 1 heterocycles. The molecule has 0 fully saturated rings. The maximum atomic E-state index is 12.9. The summed E-state index contributed by atoms with van der Waals surface area (Å²) in [5.41, 5.74) is 7.02. The summed E-state index contributed by atoms with van der Waals surface area (Å²) in [7, 11) is 4.03. The van der Waals surface area contributed by atoms with E-state index in [9.17, 15) is 9.59 Å². The van der Waals surface area contributed by atoms with E-state index in [0.717, 1.165) is 29.4 Å². The number of benzene rings is 1. The first-order chi connectivity index (χ1) is 11.3. The SMILES string of the molecule is CC(C)[C@H](OC(N)=O)C(=O)n1cc(CCN(C)C)c2ccccc21. The van der Waals surface area contributed by atoms with Crippen LogP contribution in [0.5, 0.6) is 0 Å². The van der Waals surface area contributed by atoms with Gasteiger partial charge < -0.3 is 15.4 Å². The van der Waals surface area contributed by atoms with Crippen LogP contribution < -0.4 is 5.73 Å². The van der Waals surface area contributed by atoms with Crippen LogP contribution in [-0.4, -0.2) is 48.2 Å². The van der Waals surface area contributed by atoms with Crippen molar-refractivity contribution < 1.29 is 14.3 Å². The summed E-state index contributed by atoms with van der Waals surface area (Å²) in [5.74, 6) is -0.451. The maximum Gasteiger partial charge on any atom is 0.405 e. The quantitative estimate of drug-likeness (QED) is 0.882. The Balaban J connectivity index is 2.43. The molecule has 6 heteroatoms. The van der Waals surface area contributed by atoms with Crippen molar-refractivity contribution in [2.24, 2.45) is 11.7 Å². The topological polar surface area (TPSA) is 77.6 Å². The lowest BCUT2D eigenvalue weighted by atomic mass is 10.1. The zero-order valence-electron chi connectivity index (χ0n) is 14.7. The first-order valence-corrected chi connectivity index (χ1v) is 8.05. The molecule has 0 radical (unpaired) electrons. The monoisotopic (exact) mass is 331 g/mol. The van der Waals surface area contributed by atoms with Crippen molar-refractivity contribution in [1.29, 1.82) is 0 Å². The van der Waals surface area contributed by atoms with Gasteiger partial charge in [-0.1, -0.05) is 32.0 Å². The van der Waals surface area contributed by atoms with Gasteiger partial charge in [-0.3, -0.25) is 9.36 Å². The fourth-order valence-electron chi connectivity index (χ4n) is 2.71. The molecule has 0 aliphatic carbocycles. The number of para-hydroxylation sites is 1. The molecule has 2 aromatic rings. The fourth-order valence-corrected chi connectivity index (χ4v) is 2.71. The zero-order valence-corrected chi connectivity index (χ0v) is 14.7. The molecule has 0 unspecified atom stereocenters. The molecule has 0 aliphatic rings. The first-order valence-electron chi connectivity index (χ1n) is 8.05. The minimum atomic E-state index is -0.939. The molecule has 0 saturated carbocycles. The number of amides is 1. The number of ether oxygens (including phenoxy) is 1. The summed E-state index contributed by atoms with van der Waals surface area (Å²) in [6.45, 7) is 4.53. The summed E-state index contributed by atoms with van der Waals surface area (Å²) < 4.78 is 6.62. The lowest BCUT2D eigenvalue weighted by molar-refractivity contribution is 0.0459. The maximum absolute atomic E-state index is 12.9. The van der Waals surface area contributed by atoms with Crippen LogP contribution in [0, 0.1) is 5.92 Å². The summed E-state index contributed by atoms with van der Waals surface area (Å²) >= 11 is 0. The van der Waals surface area contributed by atoms with Crippen molar-refractivity contribution in [3.63, 3.8) is 0 Å². The Hall–Kier alpha value is -2.34. The van der Waals surface area contributed by atoms with Gasteiger partial charge in [-0.15, -0.1) is 0 Å². The second-order valence-electron chi connectivity index (χ2n) is 6.53. The van der Waals surface area contributed by atoms with Gasteiger partial charge in [0.15, 0.2) is 6.10 Å². The van der Waals surface area contributed by atoms with E-state index in [-0.39, 0.29) is 11.8 Å². The average molecular weight is 331 g/mol. The Morgan fingerprint density at radius 2 is 1.92 bits per heavy atom. The number of carbonyl (C=O) groups is 2. The van der Waals surface area contributed by atoms with Gasteiger partial charge >= 0.3 is 6.09 Å². The highest BCUT2D eigenvalue weighted by Gasteiger charge is 2.28. The summed E-state index contributed by atoms with van der Waals surface area (Å²) in [4.78, 5) is 26.1. The molecular formula is C18H25N3O3. The number of nitrogens with zero attached hydrogens (tertiary/aromatic N) is 2. The summed E-state index contributed by atoms with van der Waals surface area (Å²) in [5, 5.41) is 1.04. The third-order valence-corrected chi connectivity index (χ3v) is 3.95. The molecule has 1 atom stereocenters. The van der Waals surface area contributed by atoms with E-state index >= 15 is 0 Å². The molecule has 0 aliphatic heterocycles. The highest BCUT2D eigenvalue weighted by molar-refractivity contribution is 5.97. The Morgan fingerprint density at radius 1 is 1.25 bits per heavy atom. The van der Waals surface area contributed by atoms with Gasteiger partial charge in [0, 0.05) is 18.1 Å². The zero-order chi connectivity index (χ0) is 17.9. The van der Waals surface area contributed by atoms with Crippen molar-refractivity contribution >= 4 is 22.9 Å². The summed E-state index contributed by atoms with van der Waals surface area (Å²) in [6.07, 6.45) is 0.832. The first kappa shape index (κ1) is 18.0. The Bertz CT molecular complexity index is 734. The van der Waals surface area contributed by atoms with Crippen LogP contribution in [0.4, 0.5) is 4.79 Å². The van der Waals surface area contributed by atoms with Crippen molar-refractivity contribution in [1.82, 2.24) is 9.47 Å². The number of aromatic nitrogens is 1. The molecule has 6 nitrogen and oxygen atoms in total.